The van der Waals surface area contributed by atoms with Crippen molar-refractivity contribution in [2.45, 2.75) is 12.1 Å². The van der Waals surface area contributed by atoms with Crippen molar-refractivity contribution in [3.63, 3.8) is 0 Å². The maximum absolute atomic E-state index is 12.1. The number of nitrogens with two attached hydrogens (primary N) is 1. The number of hydrogen-bond acceptors (Lipinski definition) is 5. The van der Waals surface area contributed by atoms with Crippen LogP contribution >= 0.6 is 11.8 Å². The van der Waals surface area contributed by atoms with E-state index in [0.717, 1.165) is 0 Å². The van der Waals surface area contributed by atoms with E-state index in [4.69, 9.17) is 15.6 Å². The number of carboxylic acid groups (broad SMARTS) is 1. The Kier molecular flexibility index (Phi) is 3.36. The number of carbonyl (C=O) groups excluding carboxylic acids is 1. The summed E-state index contributed by atoms with van der Waals surface area (Å²) < 4.78 is 5.12. The van der Waals surface area contributed by atoms with E-state index in [-0.39, 0.29) is 17.9 Å². The Hall–Kier alpha value is -0.790. The summed E-state index contributed by atoms with van der Waals surface area (Å²) in [5.41, 5.74) is 5.74. The van der Waals surface area contributed by atoms with Gasteiger partial charge in [0.25, 0.3) is 0 Å². The van der Waals surface area contributed by atoms with Crippen molar-refractivity contribution in [3.8, 4) is 0 Å². The van der Waals surface area contributed by atoms with Gasteiger partial charge in [-0.25, -0.2) is 4.79 Å². The molecule has 0 radical (unpaired) electrons. The van der Waals surface area contributed by atoms with Gasteiger partial charge in [-0.1, -0.05) is 0 Å². The van der Waals surface area contributed by atoms with Gasteiger partial charge >= 0.3 is 5.97 Å². The molecule has 2 fully saturated rings. The van der Waals surface area contributed by atoms with Crippen LogP contribution in [0.2, 0.25) is 0 Å². The van der Waals surface area contributed by atoms with Gasteiger partial charge in [0.15, 0.2) is 0 Å². The summed E-state index contributed by atoms with van der Waals surface area (Å²) in [6, 6.07) is -1.03. The molecular weight excluding hydrogens is 232 g/mol. The van der Waals surface area contributed by atoms with Gasteiger partial charge in [-0.05, 0) is 0 Å². The summed E-state index contributed by atoms with van der Waals surface area (Å²) in [7, 11) is 0. The van der Waals surface area contributed by atoms with Crippen molar-refractivity contribution in [2.75, 3.05) is 24.8 Å². The minimum Gasteiger partial charge on any atom is -0.480 e. The van der Waals surface area contributed by atoms with Crippen LogP contribution in [-0.4, -0.2) is 58.8 Å². The molecule has 90 valence electrons. The lowest BCUT2D eigenvalue weighted by Crippen LogP contribution is -2.48. The first-order chi connectivity index (χ1) is 7.61. The van der Waals surface area contributed by atoms with E-state index in [1.165, 1.54) is 16.7 Å². The number of aliphatic carboxylic acids is 1. The third-order valence-electron chi connectivity index (χ3n) is 2.89. The lowest BCUT2D eigenvalue weighted by molar-refractivity contribution is -0.149. The molecule has 0 aromatic heterocycles. The molecular formula is C9H14N2O4S. The van der Waals surface area contributed by atoms with Gasteiger partial charge in [0.2, 0.25) is 5.91 Å². The predicted octanol–water partition coefficient (Wildman–Crippen LogP) is -1.05. The van der Waals surface area contributed by atoms with E-state index < -0.39 is 12.0 Å². The first kappa shape index (κ1) is 11.7. The molecule has 2 heterocycles. The molecule has 7 heteroatoms. The van der Waals surface area contributed by atoms with Crippen molar-refractivity contribution < 1.29 is 19.4 Å². The first-order valence-corrected chi connectivity index (χ1v) is 6.21. The highest BCUT2D eigenvalue weighted by molar-refractivity contribution is 7.99. The van der Waals surface area contributed by atoms with Gasteiger partial charge in [0.1, 0.15) is 6.04 Å². The van der Waals surface area contributed by atoms with Gasteiger partial charge in [-0.2, -0.15) is 0 Å². The number of rotatable bonds is 2. The smallest absolute Gasteiger partial charge is 0.327 e. The number of hydrogen-bond donors (Lipinski definition) is 2. The molecule has 3 atom stereocenters. The predicted molar refractivity (Wildman–Crippen MR) is 57.9 cm³/mol. The molecule has 0 aliphatic carbocycles. The van der Waals surface area contributed by atoms with E-state index in [0.29, 0.717) is 24.8 Å². The second-order valence-electron chi connectivity index (χ2n) is 3.97. The van der Waals surface area contributed by atoms with Gasteiger partial charge < -0.3 is 20.5 Å². The Bertz CT molecular complexity index is 312. The molecule has 0 aromatic rings. The van der Waals surface area contributed by atoms with E-state index in [2.05, 4.69) is 0 Å². The summed E-state index contributed by atoms with van der Waals surface area (Å²) in [5, 5.41) is 8.97. The molecule has 2 rings (SSSR count). The van der Waals surface area contributed by atoms with Gasteiger partial charge in [-0.15, -0.1) is 11.8 Å². The largest absolute Gasteiger partial charge is 0.480 e. The quantitative estimate of drug-likeness (QED) is 0.645. The maximum Gasteiger partial charge on any atom is 0.327 e. The lowest BCUT2D eigenvalue weighted by atomic mass is 10.0. The van der Waals surface area contributed by atoms with E-state index in [1.54, 1.807) is 0 Å². The van der Waals surface area contributed by atoms with Crippen LogP contribution in [0.4, 0.5) is 0 Å². The van der Waals surface area contributed by atoms with Crippen LogP contribution in [0.15, 0.2) is 0 Å². The van der Waals surface area contributed by atoms with Crippen LogP contribution in [0.3, 0.4) is 0 Å². The summed E-state index contributed by atoms with van der Waals surface area (Å²) in [6.45, 7) is 0.669. The Morgan fingerprint density at radius 2 is 2.19 bits per heavy atom. The number of nitrogens with zero attached hydrogens (tertiary/aromatic N) is 1. The molecule has 0 saturated carbocycles. The minimum absolute atomic E-state index is 0.192. The standard InChI is InChI=1S/C9H14N2O4S/c10-6-2-15-1-5(6)8(12)11-4-16-3-7(11)9(13)14/h5-7H,1-4,10H2,(H,13,14). The summed E-state index contributed by atoms with van der Waals surface area (Å²) in [6.07, 6.45) is 0. The highest BCUT2D eigenvalue weighted by Crippen LogP contribution is 2.25. The Morgan fingerprint density at radius 1 is 1.44 bits per heavy atom. The van der Waals surface area contributed by atoms with Crippen molar-refractivity contribution in [1.82, 2.24) is 4.90 Å². The number of ether oxygens (including phenoxy) is 1. The molecule has 0 bridgehead atoms. The summed E-state index contributed by atoms with van der Waals surface area (Å²) in [4.78, 5) is 24.4. The van der Waals surface area contributed by atoms with Gasteiger partial charge in [0, 0.05) is 11.8 Å². The van der Waals surface area contributed by atoms with Gasteiger partial charge in [0.05, 0.1) is 25.0 Å². The Labute approximate surface area is 97.1 Å². The number of carboxylic acids is 1. The second kappa shape index (κ2) is 4.60. The Balaban J connectivity index is 2.06. The van der Waals surface area contributed by atoms with Gasteiger partial charge in [-0.3, -0.25) is 4.79 Å². The van der Waals surface area contributed by atoms with E-state index in [1.807, 2.05) is 0 Å². The highest BCUT2D eigenvalue weighted by Gasteiger charge is 2.41. The van der Waals surface area contributed by atoms with Crippen LogP contribution in [-0.2, 0) is 14.3 Å². The van der Waals surface area contributed by atoms with Crippen molar-refractivity contribution in [3.05, 3.63) is 0 Å². The van der Waals surface area contributed by atoms with Crippen molar-refractivity contribution >= 4 is 23.6 Å². The molecule has 0 aromatic carbocycles. The normalized spacial score (nSPS) is 34.3. The molecule has 0 spiro atoms. The molecule has 3 N–H and O–H groups in total. The third-order valence-corrected chi connectivity index (χ3v) is 3.90. The average molecular weight is 246 g/mol. The SMILES string of the molecule is NC1COCC1C(=O)N1CSCC1C(=O)O. The topological polar surface area (TPSA) is 92.9 Å². The van der Waals surface area contributed by atoms with E-state index in [9.17, 15) is 9.59 Å². The fourth-order valence-electron chi connectivity index (χ4n) is 1.90. The summed E-state index contributed by atoms with van der Waals surface area (Å²) >= 11 is 1.45. The number of amides is 1. The first-order valence-electron chi connectivity index (χ1n) is 5.05. The summed E-state index contributed by atoms with van der Waals surface area (Å²) in [5.74, 6) is -0.656. The van der Waals surface area contributed by atoms with Crippen molar-refractivity contribution in [1.29, 1.82) is 0 Å². The van der Waals surface area contributed by atoms with E-state index >= 15 is 0 Å². The monoisotopic (exact) mass is 246 g/mol. The molecule has 6 nitrogen and oxygen atoms in total. The highest BCUT2D eigenvalue weighted by atomic mass is 32.2. The lowest BCUT2D eigenvalue weighted by Gasteiger charge is -2.24. The molecule has 16 heavy (non-hydrogen) atoms. The zero-order valence-electron chi connectivity index (χ0n) is 8.67. The number of thioether (sulfide) groups is 1. The maximum atomic E-state index is 12.1. The molecule has 3 unspecified atom stereocenters. The van der Waals surface area contributed by atoms with Crippen molar-refractivity contribution in [2.24, 2.45) is 11.7 Å². The van der Waals surface area contributed by atoms with Crippen LogP contribution in [0, 0.1) is 5.92 Å². The molecule has 2 aliphatic heterocycles. The second-order valence-corrected chi connectivity index (χ2v) is 4.97. The zero-order chi connectivity index (χ0) is 11.7. The molecule has 2 saturated heterocycles. The van der Waals surface area contributed by atoms with Crippen LogP contribution in [0.25, 0.3) is 0 Å². The Morgan fingerprint density at radius 3 is 2.75 bits per heavy atom. The zero-order valence-corrected chi connectivity index (χ0v) is 9.48. The van der Waals surface area contributed by atoms with Crippen LogP contribution in [0.5, 0.6) is 0 Å². The van der Waals surface area contributed by atoms with Crippen LogP contribution < -0.4 is 5.73 Å². The molecule has 2 aliphatic rings. The third kappa shape index (κ3) is 2.02. The fourth-order valence-corrected chi connectivity index (χ4v) is 3.06. The number of carbonyl (C=O) groups is 2. The minimum atomic E-state index is -0.953. The fraction of sp³-hybridized carbons (Fsp3) is 0.778. The average Bonchev–Trinajstić information content (AvgIpc) is 2.84. The molecule has 1 amide bonds. The van der Waals surface area contributed by atoms with Crippen LogP contribution in [0.1, 0.15) is 0 Å².